The molecule has 0 saturated heterocycles. The molecule has 0 aliphatic rings. The van der Waals surface area contributed by atoms with Gasteiger partial charge in [0.15, 0.2) is 0 Å². The molecule has 0 radical (unpaired) electrons. The summed E-state index contributed by atoms with van der Waals surface area (Å²) in [5.41, 5.74) is 0.703. The first-order valence-electron chi connectivity index (χ1n) is 6.84. The quantitative estimate of drug-likeness (QED) is 0.172. The van der Waals surface area contributed by atoms with Crippen molar-refractivity contribution in [2.24, 2.45) is 5.16 Å². The monoisotopic (exact) mass is 382 g/mol. The Kier molecular flexibility index (Phi) is 8.42. The predicted molar refractivity (Wildman–Crippen MR) is 83.3 cm³/mol. The molecule has 24 heavy (non-hydrogen) atoms. The zero-order chi connectivity index (χ0) is 18.2. The molecule has 1 aromatic rings. The highest BCUT2D eigenvalue weighted by atomic mass is 32.2. The van der Waals surface area contributed by atoms with Crippen LogP contribution in [0.1, 0.15) is 30.4 Å². The van der Waals surface area contributed by atoms with E-state index in [4.69, 9.17) is 5.21 Å². The SMILES string of the molecule is CCCOS(=O)(=O)C(=NO)C(CF)c1ccc(COS(=O)[O-])cc1. The average Bonchev–Trinajstić information content (AvgIpc) is 2.56. The molecule has 136 valence electrons. The van der Waals surface area contributed by atoms with E-state index in [0.29, 0.717) is 12.0 Å². The summed E-state index contributed by atoms with van der Waals surface area (Å²) in [7, 11) is -4.37. The molecular formula is C13H17FNO7S2-. The van der Waals surface area contributed by atoms with Crippen molar-refractivity contribution in [3.05, 3.63) is 35.4 Å². The van der Waals surface area contributed by atoms with Crippen molar-refractivity contribution in [2.75, 3.05) is 13.3 Å². The largest absolute Gasteiger partial charge is 0.750 e. The van der Waals surface area contributed by atoms with Gasteiger partial charge < -0.3 is 9.76 Å². The van der Waals surface area contributed by atoms with Gasteiger partial charge in [0.25, 0.3) is 0 Å². The van der Waals surface area contributed by atoms with Gasteiger partial charge in [0.2, 0.25) is 5.04 Å². The smallest absolute Gasteiger partial charge is 0.314 e. The van der Waals surface area contributed by atoms with Crippen LogP contribution in [0.25, 0.3) is 0 Å². The molecule has 2 unspecified atom stereocenters. The van der Waals surface area contributed by atoms with Crippen molar-refractivity contribution >= 4 is 26.5 Å². The van der Waals surface area contributed by atoms with E-state index in [1.54, 1.807) is 6.92 Å². The first-order chi connectivity index (χ1) is 11.4. The number of benzene rings is 1. The highest BCUT2D eigenvalue weighted by Gasteiger charge is 2.31. The lowest BCUT2D eigenvalue weighted by molar-refractivity contribution is 0.291. The van der Waals surface area contributed by atoms with Gasteiger partial charge >= 0.3 is 10.1 Å². The summed E-state index contributed by atoms with van der Waals surface area (Å²) in [6.07, 6.45) is 0.411. The van der Waals surface area contributed by atoms with Crippen LogP contribution >= 0.6 is 0 Å². The maximum Gasteiger partial charge on any atom is 0.314 e. The van der Waals surface area contributed by atoms with Crippen LogP contribution in [0.4, 0.5) is 4.39 Å². The Balaban J connectivity index is 3.00. The van der Waals surface area contributed by atoms with Crippen molar-refractivity contribution in [1.82, 2.24) is 0 Å². The second kappa shape index (κ2) is 9.79. The van der Waals surface area contributed by atoms with Crippen LogP contribution in [0.2, 0.25) is 0 Å². The maximum absolute atomic E-state index is 13.4. The van der Waals surface area contributed by atoms with Crippen molar-refractivity contribution in [3.8, 4) is 0 Å². The highest BCUT2D eigenvalue weighted by Crippen LogP contribution is 2.23. The number of oxime groups is 1. The van der Waals surface area contributed by atoms with E-state index in [0.717, 1.165) is 0 Å². The topological polar surface area (TPSA) is 125 Å². The number of hydrogen-bond acceptors (Lipinski definition) is 8. The lowest BCUT2D eigenvalue weighted by Gasteiger charge is -2.16. The Morgan fingerprint density at radius 1 is 1.42 bits per heavy atom. The van der Waals surface area contributed by atoms with Crippen molar-refractivity contribution in [3.63, 3.8) is 0 Å². The fourth-order valence-electron chi connectivity index (χ4n) is 1.81. The van der Waals surface area contributed by atoms with Crippen LogP contribution in [0.15, 0.2) is 29.4 Å². The van der Waals surface area contributed by atoms with E-state index < -0.39 is 39.1 Å². The lowest BCUT2D eigenvalue weighted by atomic mass is 10.0. The summed E-state index contributed by atoms with van der Waals surface area (Å²) in [4.78, 5) is 0. The second-order valence-corrected chi connectivity index (χ2v) is 6.84. The summed E-state index contributed by atoms with van der Waals surface area (Å²) in [5.74, 6) is -1.35. The lowest BCUT2D eigenvalue weighted by Crippen LogP contribution is -2.26. The van der Waals surface area contributed by atoms with E-state index in [1.807, 2.05) is 0 Å². The summed E-state index contributed by atoms with van der Waals surface area (Å²) in [6, 6.07) is 5.66. The first-order valence-corrected chi connectivity index (χ1v) is 9.25. The zero-order valence-electron chi connectivity index (χ0n) is 12.8. The van der Waals surface area contributed by atoms with Gasteiger partial charge in [0.1, 0.15) is 6.67 Å². The fraction of sp³-hybridized carbons (Fsp3) is 0.462. The molecule has 0 aliphatic carbocycles. The zero-order valence-corrected chi connectivity index (χ0v) is 14.4. The number of rotatable bonds is 9. The Bertz CT molecular complexity index is 676. The molecule has 2 atom stereocenters. The minimum Gasteiger partial charge on any atom is -0.750 e. The molecule has 0 aliphatic heterocycles. The average molecular weight is 382 g/mol. The molecule has 1 aromatic carbocycles. The molecule has 11 heteroatoms. The molecule has 1 rings (SSSR count). The van der Waals surface area contributed by atoms with Crippen molar-refractivity contribution in [1.29, 1.82) is 0 Å². The number of alkyl halides is 1. The van der Waals surface area contributed by atoms with Crippen molar-refractivity contribution < 1.29 is 35.1 Å². The van der Waals surface area contributed by atoms with Gasteiger partial charge in [0, 0.05) is 0 Å². The van der Waals surface area contributed by atoms with Crippen LogP contribution in [-0.4, -0.2) is 40.7 Å². The second-order valence-electron chi connectivity index (χ2n) is 4.63. The molecule has 1 N–H and O–H groups in total. The highest BCUT2D eigenvalue weighted by molar-refractivity contribution is 8.02. The molecule has 0 spiro atoms. The maximum atomic E-state index is 13.4. The standard InChI is InChI=1S/C13H18FNO7S2/c1-2-7-22-24(19,20)13(15-16)12(8-14)11-5-3-10(4-6-11)9-21-23(17)18/h3-6,12,16H,2,7-9H2,1H3,(H,17,18)/p-1. The van der Waals surface area contributed by atoms with Crippen LogP contribution < -0.4 is 0 Å². The Morgan fingerprint density at radius 2 is 2.04 bits per heavy atom. The van der Waals surface area contributed by atoms with Gasteiger partial charge in [-0.1, -0.05) is 36.3 Å². The van der Waals surface area contributed by atoms with Crippen molar-refractivity contribution in [2.45, 2.75) is 25.9 Å². The van der Waals surface area contributed by atoms with Gasteiger partial charge in [-0.3, -0.25) is 8.37 Å². The molecule has 0 bridgehead atoms. The molecule has 8 nitrogen and oxygen atoms in total. The van der Waals surface area contributed by atoms with Crippen LogP contribution in [0.3, 0.4) is 0 Å². The fourth-order valence-corrected chi connectivity index (χ4v) is 3.19. The van der Waals surface area contributed by atoms with Crippen LogP contribution in [0.5, 0.6) is 0 Å². The molecule has 0 amide bonds. The number of halogens is 1. The number of nitrogens with zero attached hydrogens (tertiary/aromatic N) is 1. The Hall–Kier alpha value is -1.40. The normalized spacial score (nSPS) is 15.2. The van der Waals surface area contributed by atoms with Gasteiger partial charge in [0.05, 0.1) is 30.5 Å². The summed E-state index contributed by atoms with van der Waals surface area (Å²) in [5, 5.41) is 10.9. The summed E-state index contributed by atoms with van der Waals surface area (Å²) < 4.78 is 67.0. The van der Waals surface area contributed by atoms with E-state index in [2.05, 4.69) is 13.5 Å². The first kappa shape index (κ1) is 20.6. The van der Waals surface area contributed by atoms with Crippen LogP contribution in [-0.2, 0) is 36.5 Å². The van der Waals surface area contributed by atoms with Gasteiger partial charge in [-0.2, -0.15) is 8.42 Å². The third-order valence-electron chi connectivity index (χ3n) is 2.95. The third-order valence-corrected chi connectivity index (χ3v) is 4.62. The summed E-state index contributed by atoms with van der Waals surface area (Å²) in [6.45, 7) is 0.223. The third kappa shape index (κ3) is 5.91. The summed E-state index contributed by atoms with van der Waals surface area (Å²) >= 11 is -2.66. The van der Waals surface area contributed by atoms with Gasteiger partial charge in [-0.15, -0.1) is 0 Å². The van der Waals surface area contributed by atoms with Crippen LogP contribution in [0, 0.1) is 0 Å². The van der Waals surface area contributed by atoms with E-state index in [1.165, 1.54) is 24.3 Å². The molecule has 0 fully saturated rings. The molecule has 0 saturated carbocycles. The minimum atomic E-state index is -4.37. The predicted octanol–water partition coefficient (Wildman–Crippen LogP) is 1.59. The Labute approximate surface area is 141 Å². The van der Waals surface area contributed by atoms with Gasteiger partial charge in [-0.25, -0.2) is 8.60 Å². The number of hydrogen-bond donors (Lipinski definition) is 1. The molecule has 0 aromatic heterocycles. The minimum absolute atomic E-state index is 0.122. The van der Waals surface area contributed by atoms with E-state index in [9.17, 15) is 21.6 Å². The van der Waals surface area contributed by atoms with E-state index in [-0.39, 0.29) is 18.8 Å². The molecule has 0 heterocycles. The van der Waals surface area contributed by atoms with E-state index >= 15 is 0 Å². The Morgan fingerprint density at radius 3 is 2.50 bits per heavy atom. The van der Waals surface area contributed by atoms with Gasteiger partial charge in [-0.05, 0) is 17.5 Å². The molecular weight excluding hydrogens is 365 g/mol.